The number of carboxylic acids is 1. The van der Waals surface area contributed by atoms with E-state index in [0.717, 1.165) is 4.47 Å². The molecule has 0 atom stereocenters. The summed E-state index contributed by atoms with van der Waals surface area (Å²) in [4.78, 5) is 13.2. The molecule has 2 rings (SSSR count). The summed E-state index contributed by atoms with van der Waals surface area (Å²) in [6.07, 6.45) is 1.18. The Morgan fingerprint density at radius 1 is 1.33 bits per heavy atom. The second kappa shape index (κ2) is 6.89. The molecule has 116 valence electrons. The van der Waals surface area contributed by atoms with Crippen LogP contribution in [0.25, 0.3) is 0 Å². The average Bonchev–Trinajstić information content (AvgIpc) is 2.45. The monoisotopic (exact) mass is 375 g/mol. The number of nitrogens with zero attached hydrogens (tertiary/aromatic N) is 1. The Morgan fingerprint density at radius 3 is 2.57 bits per heavy atom. The molecule has 0 aromatic heterocycles. The van der Waals surface area contributed by atoms with E-state index >= 15 is 0 Å². The number of piperidine rings is 1. The highest BCUT2D eigenvalue weighted by atomic mass is 79.9. The van der Waals surface area contributed by atoms with Gasteiger partial charge in [0.15, 0.2) is 9.84 Å². The summed E-state index contributed by atoms with van der Waals surface area (Å²) in [5.74, 6) is -0.986. The molecule has 1 fully saturated rings. The minimum absolute atomic E-state index is 0.0567. The molecule has 0 radical (unpaired) electrons. The maximum absolute atomic E-state index is 12.3. The SMILES string of the molecule is O=C(O)C1CCN(CCS(=O)(=O)c2cccc(Br)c2)CC1. The highest BCUT2D eigenvalue weighted by Gasteiger charge is 2.25. The van der Waals surface area contributed by atoms with Crippen molar-refractivity contribution in [2.75, 3.05) is 25.4 Å². The predicted octanol–water partition coefficient (Wildman–Crippen LogP) is 2.02. The lowest BCUT2D eigenvalue weighted by Crippen LogP contribution is -2.38. The zero-order chi connectivity index (χ0) is 15.5. The largest absolute Gasteiger partial charge is 0.481 e. The number of carboxylic acid groups (broad SMARTS) is 1. The number of sulfone groups is 1. The lowest BCUT2D eigenvalue weighted by molar-refractivity contribution is -0.143. The molecule has 1 aromatic rings. The van der Waals surface area contributed by atoms with Gasteiger partial charge in [0.25, 0.3) is 0 Å². The van der Waals surface area contributed by atoms with Gasteiger partial charge in [0.1, 0.15) is 0 Å². The van der Waals surface area contributed by atoms with Crippen molar-refractivity contribution in [3.05, 3.63) is 28.7 Å². The molecule has 1 N–H and O–H groups in total. The summed E-state index contributed by atoms with van der Waals surface area (Å²) >= 11 is 3.27. The Bertz CT molecular complexity index is 609. The summed E-state index contributed by atoms with van der Waals surface area (Å²) in [7, 11) is -3.30. The van der Waals surface area contributed by atoms with Crippen molar-refractivity contribution in [3.8, 4) is 0 Å². The molecule has 21 heavy (non-hydrogen) atoms. The van der Waals surface area contributed by atoms with Crippen LogP contribution in [-0.2, 0) is 14.6 Å². The highest BCUT2D eigenvalue weighted by Crippen LogP contribution is 2.19. The summed E-state index contributed by atoms with van der Waals surface area (Å²) in [5.41, 5.74) is 0. The van der Waals surface area contributed by atoms with Gasteiger partial charge in [-0.15, -0.1) is 0 Å². The Balaban J connectivity index is 1.90. The van der Waals surface area contributed by atoms with E-state index < -0.39 is 15.8 Å². The molecule has 1 aromatic carbocycles. The number of hydrogen-bond donors (Lipinski definition) is 1. The third-order valence-corrected chi connectivity index (χ3v) is 5.95. The first kappa shape index (κ1) is 16.5. The average molecular weight is 376 g/mol. The first-order chi connectivity index (χ1) is 9.88. The van der Waals surface area contributed by atoms with Crippen molar-refractivity contribution in [3.63, 3.8) is 0 Å². The van der Waals surface area contributed by atoms with Crippen LogP contribution in [0.4, 0.5) is 0 Å². The van der Waals surface area contributed by atoms with Crippen molar-refractivity contribution >= 4 is 31.7 Å². The molecule has 1 aliphatic heterocycles. The molecule has 7 heteroatoms. The van der Waals surface area contributed by atoms with Crippen molar-refractivity contribution in [2.24, 2.45) is 5.92 Å². The number of rotatable bonds is 5. The normalized spacial score (nSPS) is 17.8. The predicted molar refractivity (Wildman–Crippen MR) is 83.0 cm³/mol. The Hall–Kier alpha value is -0.920. The van der Waals surface area contributed by atoms with Gasteiger partial charge in [0, 0.05) is 11.0 Å². The zero-order valence-electron chi connectivity index (χ0n) is 11.5. The van der Waals surface area contributed by atoms with Crippen LogP contribution >= 0.6 is 15.9 Å². The van der Waals surface area contributed by atoms with Crippen molar-refractivity contribution in [2.45, 2.75) is 17.7 Å². The second-order valence-electron chi connectivity index (χ2n) is 5.23. The van der Waals surface area contributed by atoms with E-state index in [1.54, 1.807) is 24.3 Å². The lowest BCUT2D eigenvalue weighted by Gasteiger charge is -2.29. The topological polar surface area (TPSA) is 74.7 Å². The van der Waals surface area contributed by atoms with Crippen molar-refractivity contribution in [1.82, 2.24) is 4.90 Å². The van der Waals surface area contributed by atoms with Gasteiger partial charge in [-0.2, -0.15) is 0 Å². The van der Waals surface area contributed by atoms with E-state index in [4.69, 9.17) is 5.11 Å². The minimum atomic E-state index is -3.30. The van der Waals surface area contributed by atoms with Crippen LogP contribution in [0.5, 0.6) is 0 Å². The first-order valence-electron chi connectivity index (χ1n) is 6.82. The Morgan fingerprint density at radius 2 is 2.00 bits per heavy atom. The number of aliphatic carboxylic acids is 1. The molecule has 0 bridgehead atoms. The quantitative estimate of drug-likeness (QED) is 0.851. The van der Waals surface area contributed by atoms with E-state index in [0.29, 0.717) is 37.4 Å². The van der Waals surface area contributed by atoms with Gasteiger partial charge in [-0.1, -0.05) is 22.0 Å². The van der Waals surface area contributed by atoms with Gasteiger partial charge in [0.05, 0.1) is 16.6 Å². The van der Waals surface area contributed by atoms with Gasteiger partial charge in [-0.05, 0) is 44.1 Å². The van der Waals surface area contributed by atoms with Crippen LogP contribution in [0.2, 0.25) is 0 Å². The van der Waals surface area contributed by atoms with Crippen molar-refractivity contribution in [1.29, 1.82) is 0 Å². The molecule has 0 amide bonds. The van der Waals surface area contributed by atoms with E-state index in [-0.39, 0.29) is 11.7 Å². The molecule has 1 aliphatic rings. The summed E-state index contributed by atoms with van der Waals surface area (Å²) < 4.78 is 25.3. The number of carbonyl (C=O) groups is 1. The molecule has 1 saturated heterocycles. The number of likely N-dealkylation sites (tertiary alicyclic amines) is 1. The number of hydrogen-bond acceptors (Lipinski definition) is 4. The molecule has 0 saturated carbocycles. The highest BCUT2D eigenvalue weighted by molar-refractivity contribution is 9.10. The molecular formula is C14H18BrNO4S. The number of benzene rings is 1. The fourth-order valence-electron chi connectivity index (χ4n) is 2.43. The van der Waals surface area contributed by atoms with Gasteiger partial charge in [0.2, 0.25) is 0 Å². The molecule has 0 unspecified atom stereocenters. The molecule has 5 nitrogen and oxygen atoms in total. The van der Waals surface area contributed by atoms with Gasteiger partial charge in [-0.3, -0.25) is 4.79 Å². The van der Waals surface area contributed by atoms with Crippen LogP contribution in [0.3, 0.4) is 0 Å². The third-order valence-electron chi connectivity index (χ3n) is 3.77. The number of halogens is 1. The summed E-state index contributed by atoms with van der Waals surface area (Å²) in [6, 6.07) is 6.69. The van der Waals surface area contributed by atoms with E-state index in [9.17, 15) is 13.2 Å². The molecule has 0 aliphatic carbocycles. The maximum atomic E-state index is 12.3. The fraction of sp³-hybridized carbons (Fsp3) is 0.500. The van der Waals surface area contributed by atoms with Crippen LogP contribution in [0, 0.1) is 5.92 Å². The van der Waals surface area contributed by atoms with Crippen LogP contribution in [0.1, 0.15) is 12.8 Å². The zero-order valence-corrected chi connectivity index (χ0v) is 13.9. The van der Waals surface area contributed by atoms with Crippen LogP contribution in [-0.4, -0.2) is 49.8 Å². The third kappa shape index (κ3) is 4.52. The van der Waals surface area contributed by atoms with Crippen molar-refractivity contribution < 1.29 is 18.3 Å². The first-order valence-corrected chi connectivity index (χ1v) is 9.26. The lowest BCUT2D eigenvalue weighted by atomic mass is 9.97. The van der Waals surface area contributed by atoms with E-state index in [2.05, 4.69) is 15.9 Å². The van der Waals surface area contributed by atoms with E-state index in [1.807, 2.05) is 4.90 Å². The minimum Gasteiger partial charge on any atom is -0.481 e. The second-order valence-corrected chi connectivity index (χ2v) is 8.26. The standard InChI is InChI=1S/C14H18BrNO4S/c15-12-2-1-3-13(10-12)21(19,20)9-8-16-6-4-11(5-7-16)14(17)18/h1-3,10-11H,4-9H2,(H,17,18). The smallest absolute Gasteiger partial charge is 0.306 e. The summed E-state index contributed by atoms with van der Waals surface area (Å²) in [6.45, 7) is 1.73. The van der Waals surface area contributed by atoms with Crippen LogP contribution < -0.4 is 0 Å². The fourth-order valence-corrected chi connectivity index (χ4v) is 4.31. The van der Waals surface area contributed by atoms with Gasteiger partial charge < -0.3 is 10.0 Å². The Labute approximate surface area is 133 Å². The Kier molecular flexibility index (Phi) is 5.40. The molecule has 1 heterocycles. The molecule has 0 spiro atoms. The maximum Gasteiger partial charge on any atom is 0.306 e. The van der Waals surface area contributed by atoms with Gasteiger partial charge in [-0.25, -0.2) is 8.42 Å². The van der Waals surface area contributed by atoms with E-state index in [1.165, 1.54) is 0 Å². The summed E-state index contributed by atoms with van der Waals surface area (Å²) in [5, 5.41) is 8.94. The van der Waals surface area contributed by atoms with Crippen LogP contribution in [0.15, 0.2) is 33.6 Å². The molecular weight excluding hydrogens is 358 g/mol. The van der Waals surface area contributed by atoms with Gasteiger partial charge >= 0.3 is 5.97 Å².